The maximum absolute atomic E-state index is 10.8. The minimum atomic E-state index is -0.0799. The molecular formula is C12H11N3O. The molecule has 1 heterocycles. The van der Waals surface area contributed by atoms with Gasteiger partial charge in [-0.2, -0.15) is 0 Å². The van der Waals surface area contributed by atoms with Crippen LogP contribution < -0.4 is 5.32 Å². The van der Waals surface area contributed by atoms with Crippen LogP contribution >= 0.6 is 0 Å². The minimum absolute atomic E-state index is 0.0799. The van der Waals surface area contributed by atoms with Crippen LogP contribution in [0.15, 0.2) is 42.7 Å². The largest absolute Gasteiger partial charge is 0.326 e. The molecule has 0 atom stereocenters. The third kappa shape index (κ3) is 2.42. The van der Waals surface area contributed by atoms with Gasteiger partial charge in [0.2, 0.25) is 5.91 Å². The van der Waals surface area contributed by atoms with Crippen LogP contribution in [0.25, 0.3) is 11.4 Å². The van der Waals surface area contributed by atoms with Gasteiger partial charge in [-0.15, -0.1) is 0 Å². The van der Waals surface area contributed by atoms with E-state index in [1.54, 1.807) is 18.5 Å². The lowest BCUT2D eigenvalue weighted by molar-refractivity contribution is -0.114. The van der Waals surface area contributed by atoms with E-state index < -0.39 is 0 Å². The standard InChI is InChI=1S/C12H11N3O/c1-9(16)15-11-5-3-10(4-6-11)12-13-7-2-8-14-12/h2-8H,1H3,(H,15,16). The van der Waals surface area contributed by atoms with Crippen molar-refractivity contribution in [3.8, 4) is 11.4 Å². The molecule has 1 aromatic carbocycles. The first-order valence-corrected chi connectivity index (χ1v) is 4.91. The molecule has 2 aromatic rings. The maximum atomic E-state index is 10.8. The molecule has 1 N–H and O–H groups in total. The second-order valence-electron chi connectivity index (χ2n) is 3.33. The number of anilines is 1. The zero-order valence-corrected chi connectivity index (χ0v) is 8.84. The van der Waals surface area contributed by atoms with Gasteiger partial charge in [0.15, 0.2) is 5.82 Å². The lowest BCUT2D eigenvalue weighted by Gasteiger charge is -2.03. The Morgan fingerprint density at radius 1 is 1.12 bits per heavy atom. The van der Waals surface area contributed by atoms with Crippen LogP contribution in [-0.4, -0.2) is 15.9 Å². The summed E-state index contributed by atoms with van der Waals surface area (Å²) in [6.07, 6.45) is 3.40. The molecule has 1 amide bonds. The molecule has 0 aliphatic carbocycles. The zero-order chi connectivity index (χ0) is 11.4. The van der Waals surface area contributed by atoms with E-state index in [1.165, 1.54) is 6.92 Å². The Hall–Kier alpha value is -2.23. The first-order chi connectivity index (χ1) is 7.75. The summed E-state index contributed by atoms with van der Waals surface area (Å²) in [6.45, 7) is 1.48. The summed E-state index contributed by atoms with van der Waals surface area (Å²) in [6, 6.07) is 9.18. The average molecular weight is 213 g/mol. The van der Waals surface area contributed by atoms with E-state index in [4.69, 9.17) is 0 Å². The van der Waals surface area contributed by atoms with Crippen LogP contribution in [0.2, 0.25) is 0 Å². The fourth-order valence-corrected chi connectivity index (χ4v) is 1.35. The van der Waals surface area contributed by atoms with E-state index in [0.29, 0.717) is 5.82 Å². The average Bonchev–Trinajstić information content (AvgIpc) is 2.30. The van der Waals surface area contributed by atoms with Gasteiger partial charge in [-0.1, -0.05) is 0 Å². The van der Waals surface area contributed by atoms with E-state index >= 15 is 0 Å². The number of hydrogen-bond acceptors (Lipinski definition) is 3. The number of carbonyl (C=O) groups is 1. The Morgan fingerprint density at radius 3 is 2.31 bits per heavy atom. The van der Waals surface area contributed by atoms with E-state index in [1.807, 2.05) is 24.3 Å². The highest BCUT2D eigenvalue weighted by Gasteiger charge is 2.00. The molecule has 4 heteroatoms. The first-order valence-electron chi connectivity index (χ1n) is 4.91. The second kappa shape index (κ2) is 4.53. The van der Waals surface area contributed by atoms with Gasteiger partial charge in [0, 0.05) is 30.6 Å². The van der Waals surface area contributed by atoms with Gasteiger partial charge >= 0.3 is 0 Å². The van der Waals surface area contributed by atoms with E-state index in [-0.39, 0.29) is 5.91 Å². The molecule has 0 aliphatic rings. The molecule has 0 aliphatic heterocycles. The van der Waals surface area contributed by atoms with E-state index in [9.17, 15) is 4.79 Å². The van der Waals surface area contributed by atoms with Crippen LogP contribution in [0.4, 0.5) is 5.69 Å². The topological polar surface area (TPSA) is 54.9 Å². The Kier molecular flexibility index (Phi) is 2.91. The number of amides is 1. The molecule has 2 rings (SSSR count). The molecule has 0 fully saturated rings. The van der Waals surface area contributed by atoms with Gasteiger partial charge in [0.25, 0.3) is 0 Å². The molecule has 0 saturated carbocycles. The molecular weight excluding hydrogens is 202 g/mol. The number of nitrogens with one attached hydrogen (secondary N) is 1. The van der Waals surface area contributed by atoms with Crippen molar-refractivity contribution in [2.24, 2.45) is 0 Å². The molecule has 0 saturated heterocycles. The number of carbonyl (C=O) groups excluding carboxylic acids is 1. The molecule has 0 bridgehead atoms. The second-order valence-corrected chi connectivity index (χ2v) is 3.33. The Morgan fingerprint density at radius 2 is 1.75 bits per heavy atom. The number of nitrogens with zero attached hydrogens (tertiary/aromatic N) is 2. The monoisotopic (exact) mass is 213 g/mol. The minimum Gasteiger partial charge on any atom is -0.326 e. The van der Waals surface area contributed by atoms with Crippen molar-refractivity contribution in [2.75, 3.05) is 5.32 Å². The van der Waals surface area contributed by atoms with E-state index in [2.05, 4.69) is 15.3 Å². The molecule has 16 heavy (non-hydrogen) atoms. The Labute approximate surface area is 93.4 Å². The maximum Gasteiger partial charge on any atom is 0.221 e. The highest BCUT2D eigenvalue weighted by Crippen LogP contribution is 2.16. The molecule has 0 radical (unpaired) electrons. The van der Waals surface area contributed by atoms with Crippen molar-refractivity contribution in [2.45, 2.75) is 6.92 Å². The van der Waals surface area contributed by atoms with Gasteiger partial charge < -0.3 is 5.32 Å². The Bertz CT molecular complexity index is 479. The van der Waals surface area contributed by atoms with Crippen molar-refractivity contribution in [3.05, 3.63) is 42.7 Å². The van der Waals surface area contributed by atoms with E-state index in [0.717, 1.165) is 11.3 Å². The van der Waals surface area contributed by atoms with Crippen molar-refractivity contribution < 1.29 is 4.79 Å². The molecule has 0 unspecified atom stereocenters. The summed E-state index contributed by atoms with van der Waals surface area (Å²) in [5.74, 6) is 0.598. The van der Waals surface area contributed by atoms with Crippen molar-refractivity contribution in [1.29, 1.82) is 0 Å². The lowest BCUT2D eigenvalue weighted by atomic mass is 10.2. The van der Waals surface area contributed by atoms with Crippen LogP contribution in [0.5, 0.6) is 0 Å². The summed E-state index contributed by atoms with van der Waals surface area (Å²) in [5, 5.41) is 2.70. The number of aromatic nitrogens is 2. The Balaban J connectivity index is 2.23. The van der Waals surface area contributed by atoms with Crippen molar-refractivity contribution in [3.63, 3.8) is 0 Å². The highest BCUT2D eigenvalue weighted by molar-refractivity contribution is 5.88. The molecule has 1 aromatic heterocycles. The first kappa shape index (κ1) is 10.3. The molecule has 4 nitrogen and oxygen atoms in total. The zero-order valence-electron chi connectivity index (χ0n) is 8.84. The molecule has 0 spiro atoms. The smallest absolute Gasteiger partial charge is 0.221 e. The van der Waals surface area contributed by atoms with Crippen LogP contribution in [0, 0.1) is 0 Å². The molecule has 80 valence electrons. The highest BCUT2D eigenvalue weighted by atomic mass is 16.1. The van der Waals surface area contributed by atoms with Crippen LogP contribution in [-0.2, 0) is 4.79 Å². The number of benzene rings is 1. The third-order valence-corrected chi connectivity index (χ3v) is 2.03. The van der Waals surface area contributed by atoms with Gasteiger partial charge in [-0.3, -0.25) is 4.79 Å². The number of rotatable bonds is 2. The third-order valence-electron chi connectivity index (χ3n) is 2.03. The predicted molar refractivity (Wildman–Crippen MR) is 61.8 cm³/mol. The van der Waals surface area contributed by atoms with Crippen molar-refractivity contribution in [1.82, 2.24) is 9.97 Å². The lowest BCUT2D eigenvalue weighted by Crippen LogP contribution is -2.05. The summed E-state index contributed by atoms with van der Waals surface area (Å²) >= 11 is 0. The number of hydrogen-bond donors (Lipinski definition) is 1. The fraction of sp³-hybridized carbons (Fsp3) is 0.0833. The quantitative estimate of drug-likeness (QED) is 0.831. The fourth-order valence-electron chi connectivity index (χ4n) is 1.35. The normalized spacial score (nSPS) is 9.81. The van der Waals surface area contributed by atoms with Crippen LogP contribution in [0.3, 0.4) is 0 Å². The SMILES string of the molecule is CC(=O)Nc1ccc(-c2ncccn2)cc1. The van der Waals surface area contributed by atoms with Gasteiger partial charge in [-0.25, -0.2) is 9.97 Å². The summed E-state index contributed by atoms with van der Waals surface area (Å²) < 4.78 is 0. The predicted octanol–water partition coefficient (Wildman–Crippen LogP) is 2.10. The van der Waals surface area contributed by atoms with Gasteiger partial charge in [0.05, 0.1) is 0 Å². The van der Waals surface area contributed by atoms with Gasteiger partial charge in [-0.05, 0) is 30.3 Å². The van der Waals surface area contributed by atoms with Crippen LogP contribution in [0.1, 0.15) is 6.92 Å². The summed E-state index contributed by atoms with van der Waals surface area (Å²) in [4.78, 5) is 19.1. The van der Waals surface area contributed by atoms with Gasteiger partial charge in [0.1, 0.15) is 0 Å². The summed E-state index contributed by atoms with van der Waals surface area (Å²) in [7, 11) is 0. The summed E-state index contributed by atoms with van der Waals surface area (Å²) in [5.41, 5.74) is 1.70. The van der Waals surface area contributed by atoms with Crippen molar-refractivity contribution >= 4 is 11.6 Å².